The van der Waals surface area contributed by atoms with Gasteiger partial charge in [-0.05, 0) is 24.3 Å². The summed E-state index contributed by atoms with van der Waals surface area (Å²) in [6.07, 6.45) is 1.69. The van der Waals surface area contributed by atoms with Crippen molar-refractivity contribution < 1.29 is 9.47 Å². The van der Waals surface area contributed by atoms with E-state index in [9.17, 15) is 0 Å². The molecule has 4 rings (SSSR count). The van der Waals surface area contributed by atoms with Crippen LogP contribution >= 0.6 is 0 Å². The summed E-state index contributed by atoms with van der Waals surface area (Å²) >= 11 is 0. The first kappa shape index (κ1) is 15.5. The largest absolute Gasteiger partial charge is 0.497 e. The Labute approximate surface area is 144 Å². The summed E-state index contributed by atoms with van der Waals surface area (Å²) in [6.45, 7) is 2.77. The Bertz CT molecular complexity index is 894. The van der Waals surface area contributed by atoms with Gasteiger partial charge < -0.3 is 20.1 Å². The van der Waals surface area contributed by atoms with E-state index in [1.54, 1.807) is 13.3 Å². The standard InChI is InChI=1S/C17H18N6O2/c1-24-12-4-2-11(3-5-12)13-10-19-15-14(20-13)16(22-17(18)21-15)23-6-8-25-9-7-23/h2-5,10H,6-9H2,1H3,(H2,18,19,21,22). The third-order valence-corrected chi connectivity index (χ3v) is 4.10. The van der Waals surface area contributed by atoms with Gasteiger partial charge in [-0.3, -0.25) is 0 Å². The molecule has 1 saturated heterocycles. The van der Waals surface area contributed by atoms with E-state index < -0.39 is 0 Å². The lowest BCUT2D eigenvalue weighted by Crippen LogP contribution is -2.37. The molecule has 0 saturated carbocycles. The molecule has 8 heteroatoms. The fourth-order valence-electron chi connectivity index (χ4n) is 2.81. The molecule has 1 aliphatic heterocycles. The van der Waals surface area contributed by atoms with E-state index >= 15 is 0 Å². The van der Waals surface area contributed by atoms with Gasteiger partial charge in [-0.1, -0.05) is 0 Å². The number of nitrogens with two attached hydrogens (primary N) is 1. The number of benzene rings is 1. The highest BCUT2D eigenvalue weighted by Crippen LogP contribution is 2.26. The summed E-state index contributed by atoms with van der Waals surface area (Å²) in [5.41, 5.74) is 8.68. The highest BCUT2D eigenvalue weighted by molar-refractivity contribution is 5.85. The SMILES string of the molecule is COc1ccc(-c2cnc3nc(N)nc(N4CCOCC4)c3n2)cc1. The van der Waals surface area contributed by atoms with Gasteiger partial charge in [0.1, 0.15) is 5.75 Å². The maximum Gasteiger partial charge on any atom is 0.224 e. The monoisotopic (exact) mass is 338 g/mol. The number of nitrogen functional groups attached to an aromatic ring is 1. The Hall–Kier alpha value is -3.00. The van der Waals surface area contributed by atoms with Gasteiger partial charge in [0.2, 0.25) is 5.95 Å². The third-order valence-electron chi connectivity index (χ3n) is 4.10. The fourth-order valence-corrected chi connectivity index (χ4v) is 2.81. The minimum absolute atomic E-state index is 0.195. The fraction of sp³-hybridized carbons (Fsp3) is 0.294. The van der Waals surface area contributed by atoms with E-state index in [0.29, 0.717) is 30.2 Å². The van der Waals surface area contributed by atoms with Gasteiger partial charge in [0, 0.05) is 18.7 Å². The van der Waals surface area contributed by atoms with Crippen LogP contribution in [0, 0.1) is 0 Å². The Balaban J connectivity index is 1.81. The summed E-state index contributed by atoms with van der Waals surface area (Å²) in [5, 5.41) is 0. The maximum absolute atomic E-state index is 5.85. The zero-order chi connectivity index (χ0) is 17.2. The average molecular weight is 338 g/mol. The Morgan fingerprint density at radius 3 is 2.56 bits per heavy atom. The second-order valence-corrected chi connectivity index (χ2v) is 5.66. The molecule has 128 valence electrons. The van der Waals surface area contributed by atoms with Crippen LogP contribution < -0.4 is 15.4 Å². The van der Waals surface area contributed by atoms with Crippen LogP contribution in [0.3, 0.4) is 0 Å². The smallest absolute Gasteiger partial charge is 0.224 e. The van der Waals surface area contributed by atoms with Crippen molar-refractivity contribution in [3.05, 3.63) is 30.5 Å². The molecule has 0 radical (unpaired) electrons. The maximum atomic E-state index is 5.85. The van der Waals surface area contributed by atoms with Gasteiger partial charge >= 0.3 is 0 Å². The van der Waals surface area contributed by atoms with Crippen molar-refractivity contribution in [3.63, 3.8) is 0 Å². The number of fused-ring (bicyclic) bond motifs is 1. The van der Waals surface area contributed by atoms with Crippen LogP contribution in [0.25, 0.3) is 22.4 Å². The van der Waals surface area contributed by atoms with Crippen LogP contribution in [-0.2, 0) is 4.74 Å². The molecule has 0 bridgehead atoms. The molecule has 0 amide bonds. The quantitative estimate of drug-likeness (QED) is 0.767. The normalized spacial score (nSPS) is 14.7. The molecule has 2 N–H and O–H groups in total. The van der Waals surface area contributed by atoms with Crippen LogP contribution in [0.5, 0.6) is 5.75 Å². The first-order valence-corrected chi connectivity index (χ1v) is 8.02. The Kier molecular flexibility index (Phi) is 4.02. The minimum Gasteiger partial charge on any atom is -0.497 e. The van der Waals surface area contributed by atoms with E-state index in [1.165, 1.54) is 0 Å². The highest BCUT2D eigenvalue weighted by atomic mass is 16.5. The van der Waals surface area contributed by atoms with E-state index in [4.69, 9.17) is 20.2 Å². The number of anilines is 2. The second kappa shape index (κ2) is 6.48. The molecule has 1 aromatic carbocycles. The summed E-state index contributed by atoms with van der Waals surface area (Å²) in [6, 6.07) is 7.68. The van der Waals surface area contributed by atoms with E-state index in [2.05, 4.69) is 19.9 Å². The number of hydrogen-bond donors (Lipinski definition) is 1. The number of morpholine rings is 1. The number of nitrogens with zero attached hydrogens (tertiary/aromatic N) is 5. The van der Waals surface area contributed by atoms with Crippen LogP contribution in [0.15, 0.2) is 30.5 Å². The first-order chi connectivity index (χ1) is 12.2. The predicted molar refractivity (Wildman–Crippen MR) is 94.6 cm³/mol. The topological polar surface area (TPSA) is 99.3 Å². The number of rotatable bonds is 3. The molecular formula is C17H18N6O2. The van der Waals surface area contributed by atoms with Crippen molar-refractivity contribution in [2.24, 2.45) is 0 Å². The minimum atomic E-state index is 0.195. The molecule has 2 aromatic heterocycles. The van der Waals surface area contributed by atoms with Gasteiger partial charge in [-0.2, -0.15) is 9.97 Å². The molecule has 3 aromatic rings. The molecule has 1 fully saturated rings. The molecular weight excluding hydrogens is 320 g/mol. The van der Waals surface area contributed by atoms with E-state index in [1.807, 2.05) is 24.3 Å². The van der Waals surface area contributed by atoms with Gasteiger partial charge in [-0.25, -0.2) is 9.97 Å². The Morgan fingerprint density at radius 2 is 1.84 bits per heavy atom. The molecule has 3 heterocycles. The van der Waals surface area contributed by atoms with E-state index in [-0.39, 0.29) is 5.95 Å². The summed E-state index contributed by atoms with van der Waals surface area (Å²) < 4.78 is 10.6. The van der Waals surface area contributed by atoms with Crippen molar-refractivity contribution in [1.82, 2.24) is 19.9 Å². The van der Waals surface area contributed by atoms with E-state index in [0.717, 1.165) is 30.1 Å². The van der Waals surface area contributed by atoms with Gasteiger partial charge in [-0.15, -0.1) is 0 Å². The highest BCUT2D eigenvalue weighted by Gasteiger charge is 2.19. The summed E-state index contributed by atoms with van der Waals surface area (Å²) in [5.74, 6) is 1.69. The van der Waals surface area contributed by atoms with Crippen LogP contribution in [0.4, 0.5) is 11.8 Å². The molecule has 0 unspecified atom stereocenters. The second-order valence-electron chi connectivity index (χ2n) is 5.66. The summed E-state index contributed by atoms with van der Waals surface area (Å²) in [7, 11) is 1.64. The lowest BCUT2D eigenvalue weighted by atomic mass is 10.1. The van der Waals surface area contributed by atoms with Crippen LogP contribution in [0.2, 0.25) is 0 Å². The number of methoxy groups -OCH3 is 1. The molecule has 0 spiro atoms. The third kappa shape index (κ3) is 3.03. The van der Waals surface area contributed by atoms with Gasteiger partial charge in [0.25, 0.3) is 0 Å². The van der Waals surface area contributed by atoms with Crippen LogP contribution in [0.1, 0.15) is 0 Å². The average Bonchev–Trinajstić information content (AvgIpc) is 2.68. The van der Waals surface area contributed by atoms with Crippen molar-refractivity contribution in [1.29, 1.82) is 0 Å². The molecule has 1 aliphatic rings. The van der Waals surface area contributed by atoms with Crippen molar-refractivity contribution in [3.8, 4) is 17.0 Å². The van der Waals surface area contributed by atoms with Gasteiger partial charge in [0.05, 0.1) is 32.2 Å². The number of ether oxygens (including phenoxy) is 2. The number of hydrogen-bond acceptors (Lipinski definition) is 8. The zero-order valence-corrected chi connectivity index (χ0v) is 13.8. The predicted octanol–water partition coefficient (Wildman–Crippen LogP) is 1.51. The lowest BCUT2D eigenvalue weighted by Gasteiger charge is -2.28. The summed E-state index contributed by atoms with van der Waals surface area (Å²) in [4.78, 5) is 19.9. The lowest BCUT2D eigenvalue weighted by molar-refractivity contribution is 0.122. The first-order valence-electron chi connectivity index (χ1n) is 8.02. The van der Waals surface area contributed by atoms with Gasteiger partial charge in [0.15, 0.2) is 17.0 Å². The molecule has 25 heavy (non-hydrogen) atoms. The van der Waals surface area contributed by atoms with Crippen molar-refractivity contribution in [2.75, 3.05) is 44.0 Å². The van der Waals surface area contributed by atoms with Crippen molar-refractivity contribution in [2.45, 2.75) is 0 Å². The molecule has 0 aliphatic carbocycles. The van der Waals surface area contributed by atoms with Crippen LogP contribution in [-0.4, -0.2) is 53.3 Å². The Morgan fingerprint density at radius 1 is 1.08 bits per heavy atom. The van der Waals surface area contributed by atoms with Crippen molar-refractivity contribution >= 4 is 22.9 Å². The molecule has 8 nitrogen and oxygen atoms in total. The number of aromatic nitrogens is 4. The zero-order valence-electron chi connectivity index (χ0n) is 13.8. The molecule has 0 atom stereocenters.